The van der Waals surface area contributed by atoms with E-state index in [1.165, 1.54) is 193 Å². The predicted octanol–water partition coefficient (Wildman–Crippen LogP) is 19.0. The molecular formula is C95H177O25P. The maximum Gasteiger partial charge on any atom is 0.472 e. The monoisotopic (exact) mass is 1750 g/mol. The lowest BCUT2D eigenvalue weighted by Crippen LogP contribution is -2.70. The van der Waals surface area contributed by atoms with Gasteiger partial charge in [-0.25, -0.2) is 4.57 Å². The van der Waals surface area contributed by atoms with Crippen molar-refractivity contribution in [3.8, 4) is 0 Å². The lowest BCUT2D eigenvalue weighted by Gasteiger charge is -2.50. The summed E-state index contributed by atoms with van der Waals surface area (Å²) in [5.74, 6) is -2.27. The summed E-state index contributed by atoms with van der Waals surface area (Å²) in [7, 11) is -5.81. The quantitative estimate of drug-likeness (QED) is 0.00889. The molecule has 121 heavy (non-hydrogen) atoms. The number of unbranched alkanes of at least 4 members (excludes halogenated alkanes) is 50. The number of aliphatic hydroxyl groups is 9. The van der Waals surface area contributed by atoms with Crippen LogP contribution in [-0.4, -0.2) is 205 Å². The maximum absolute atomic E-state index is 14.9. The van der Waals surface area contributed by atoms with E-state index in [0.717, 1.165) is 141 Å². The second kappa shape index (κ2) is 73.0. The Kier molecular flexibility index (Phi) is 67.8. The van der Waals surface area contributed by atoms with Gasteiger partial charge in [-0.05, 0) is 57.3 Å². The van der Waals surface area contributed by atoms with E-state index >= 15 is 0 Å². The van der Waals surface area contributed by atoms with Gasteiger partial charge < -0.3 is 88.7 Å². The summed E-state index contributed by atoms with van der Waals surface area (Å²) >= 11 is 0. The van der Waals surface area contributed by atoms with Crippen LogP contribution in [0.25, 0.3) is 0 Å². The number of hydrogen-bond donors (Lipinski definition) is 10. The van der Waals surface area contributed by atoms with Crippen molar-refractivity contribution in [2.24, 2.45) is 5.92 Å². The van der Waals surface area contributed by atoms with Crippen molar-refractivity contribution in [3.05, 3.63) is 12.2 Å². The summed E-state index contributed by atoms with van der Waals surface area (Å²) in [6.07, 6.45) is 31.8. The lowest BCUT2D eigenvalue weighted by atomic mass is 9.84. The van der Waals surface area contributed by atoms with E-state index in [4.69, 9.17) is 46.9 Å². The fourth-order valence-electron chi connectivity index (χ4n) is 16.5. The van der Waals surface area contributed by atoms with Crippen molar-refractivity contribution in [1.29, 1.82) is 0 Å². The number of hydrogen-bond acceptors (Lipinski definition) is 24. The molecule has 1 aliphatic carbocycles. The van der Waals surface area contributed by atoms with Crippen LogP contribution >= 0.6 is 7.82 Å². The van der Waals surface area contributed by atoms with Gasteiger partial charge in [-0.15, -0.1) is 0 Å². The Morgan fingerprint density at radius 2 is 0.669 bits per heavy atom. The zero-order valence-corrected chi connectivity index (χ0v) is 77.2. The molecule has 0 bridgehead atoms. The molecule has 0 aromatic heterocycles. The zero-order valence-electron chi connectivity index (χ0n) is 76.3. The normalized spacial score (nSPS) is 24.9. The SMILES string of the molecule is CCCCCC/C=C\CCCCCCCCCC(=O)OC(COC(=O)CCCCCCCCCCCCCCCCCC)COP(=O)(O)OC1C(OC2OC(CO)C(O)C(O)C2O)C(O)C(O)C(OC(=O)CCCCCCCCCCCCCCCCC)C1OC1OC(COC(=O)CCCCCCCCC(C)CCCCCCCC)C(O)C(O)C1O. The Morgan fingerprint density at radius 3 is 1.07 bits per heavy atom. The number of rotatable bonds is 80. The molecule has 0 aromatic carbocycles. The molecule has 0 spiro atoms. The third-order valence-electron chi connectivity index (χ3n) is 24.4. The molecule has 2 aliphatic heterocycles. The molecule has 2 heterocycles. The van der Waals surface area contributed by atoms with Gasteiger partial charge in [0.05, 0.1) is 13.2 Å². The molecule has 3 fully saturated rings. The predicted molar refractivity (Wildman–Crippen MR) is 472 cm³/mol. The first-order chi connectivity index (χ1) is 58.6. The van der Waals surface area contributed by atoms with Crippen LogP contribution < -0.4 is 0 Å². The molecule has 19 unspecified atom stereocenters. The molecule has 3 aliphatic rings. The maximum atomic E-state index is 14.9. The van der Waals surface area contributed by atoms with Gasteiger partial charge in [0.2, 0.25) is 0 Å². The van der Waals surface area contributed by atoms with Crippen molar-refractivity contribution < 1.29 is 122 Å². The smallest absolute Gasteiger partial charge is 0.463 e. The van der Waals surface area contributed by atoms with E-state index in [0.29, 0.717) is 44.4 Å². The minimum atomic E-state index is -5.81. The standard InChI is InChI=1S/C95H177O25P/c1-6-10-14-18-22-25-28-31-34-37-38-41-44-47-54-60-66-78(97)111-71-75(114-80(99)68-62-56-48-45-42-39-35-32-29-26-23-19-15-11-7-2)72-113-121(109,110)120-93-91(118-94-88(107)84(103)82(101)76(70-96)115-94)87(106)86(105)90(117-81(100)69-63-57-49-46-43-40-36-33-30-27-24-20-16-12-8-3)92(93)119-95-89(108)85(104)83(102)77(116-95)73-112-79(98)67-61-55-51-50-53-59-65-74(5)64-58-52-21-17-13-9-4/h26,29,74-77,82-96,101-108H,6-25,27-28,30-73H2,1-5H3,(H,109,110)/b29-26-. The van der Waals surface area contributed by atoms with Crippen LogP contribution in [0.15, 0.2) is 12.2 Å². The highest BCUT2D eigenvalue weighted by Gasteiger charge is 2.60. The number of esters is 4. The third-order valence-corrected chi connectivity index (χ3v) is 25.4. The second-order valence-electron chi connectivity index (χ2n) is 35.6. The molecule has 10 N–H and O–H groups in total. The lowest BCUT2D eigenvalue weighted by molar-refractivity contribution is -0.360. The number of allylic oxidation sites excluding steroid dienone is 2. The van der Waals surface area contributed by atoms with Gasteiger partial charge in [0.25, 0.3) is 0 Å². The van der Waals surface area contributed by atoms with Crippen LogP contribution in [0.4, 0.5) is 0 Å². The average Bonchev–Trinajstić information content (AvgIpc) is 0.755. The van der Waals surface area contributed by atoms with E-state index in [2.05, 4.69) is 46.8 Å². The summed E-state index contributed by atoms with van der Waals surface area (Å²) in [6, 6.07) is 0. The van der Waals surface area contributed by atoms with Crippen LogP contribution in [0.5, 0.6) is 0 Å². The number of phosphoric ester groups is 1. The van der Waals surface area contributed by atoms with Gasteiger partial charge in [0, 0.05) is 25.7 Å². The van der Waals surface area contributed by atoms with E-state index in [-0.39, 0.29) is 25.7 Å². The molecule has 1 saturated carbocycles. The average molecular weight is 1750 g/mol. The van der Waals surface area contributed by atoms with Crippen molar-refractivity contribution in [2.75, 3.05) is 26.4 Å². The van der Waals surface area contributed by atoms with Crippen molar-refractivity contribution in [2.45, 2.75) is 537 Å². The number of ether oxygens (including phenoxy) is 8. The fraction of sp³-hybridized carbons (Fsp3) is 0.937. The largest absolute Gasteiger partial charge is 0.472 e. The molecule has 0 aromatic rings. The highest BCUT2D eigenvalue weighted by atomic mass is 31.2. The van der Waals surface area contributed by atoms with Crippen molar-refractivity contribution in [1.82, 2.24) is 0 Å². The number of carbonyl (C=O) groups excluding carboxylic acids is 4. The molecule has 712 valence electrons. The van der Waals surface area contributed by atoms with E-state index in [1.54, 1.807) is 0 Å². The molecular weight excluding hydrogens is 1570 g/mol. The van der Waals surface area contributed by atoms with Crippen LogP contribution in [0.1, 0.15) is 433 Å². The third kappa shape index (κ3) is 53.1. The van der Waals surface area contributed by atoms with Crippen LogP contribution in [0, 0.1) is 5.92 Å². The second-order valence-corrected chi connectivity index (χ2v) is 37.0. The Balaban J connectivity index is 1.90. The Morgan fingerprint density at radius 1 is 0.347 bits per heavy atom. The minimum absolute atomic E-state index is 0.0161. The first kappa shape index (κ1) is 112. The number of carbonyl (C=O) groups is 4. The summed E-state index contributed by atoms with van der Waals surface area (Å²) in [6.45, 7) is 7.96. The molecule has 2 saturated heterocycles. The van der Waals surface area contributed by atoms with Gasteiger partial charge >= 0.3 is 31.7 Å². The number of phosphoric acid groups is 1. The van der Waals surface area contributed by atoms with Gasteiger partial charge in [-0.1, -0.05) is 368 Å². The Labute approximate surface area is 731 Å². The van der Waals surface area contributed by atoms with Crippen LogP contribution in [0.2, 0.25) is 0 Å². The first-order valence-electron chi connectivity index (χ1n) is 49.3. The Bertz CT molecular complexity index is 2570. The van der Waals surface area contributed by atoms with Crippen molar-refractivity contribution in [3.63, 3.8) is 0 Å². The van der Waals surface area contributed by atoms with Gasteiger partial charge in [0.1, 0.15) is 92.6 Å². The Hall–Kier alpha value is -2.79. The fourth-order valence-corrected chi connectivity index (χ4v) is 17.5. The molecule has 26 heteroatoms. The molecule has 0 radical (unpaired) electrons. The molecule has 19 atom stereocenters. The van der Waals surface area contributed by atoms with E-state index < -0.39 is 162 Å². The van der Waals surface area contributed by atoms with E-state index in [1.807, 2.05) is 0 Å². The van der Waals surface area contributed by atoms with Gasteiger partial charge in [-0.2, -0.15) is 0 Å². The summed E-state index contributed by atoms with van der Waals surface area (Å²) in [5, 5.41) is 103. The van der Waals surface area contributed by atoms with Gasteiger partial charge in [0.15, 0.2) is 24.8 Å². The summed E-state index contributed by atoms with van der Waals surface area (Å²) in [4.78, 5) is 66.6. The molecule has 3 rings (SSSR count). The minimum Gasteiger partial charge on any atom is -0.463 e. The highest BCUT2D eigenvalue weighted by molar-refractivity contribution is 7.47. The van der Waals surface area contributed by atoms with Crippen LogP contribution in [0.3, 0.4) is 0 Å². The summed E-state index contributed by atoms with van der Waals surface area (Å²) in [5.41, 5.74) is 0. The molecule has 25 nitrogen and oxygen atoms in total. The topological polar surface area (TPSA) is 380 Å². The molecule has 0 amide bonds. The zero-order chi connectivity index (χ0) is 88.4. The first-order valence-corrected chi connectivity index (χ1v) is 50.8. The number of aliphatic hydroxyl groups excluding tert-OH is 9. The van der Waals surface area contributed by atoms with Crippen LogP contribution in [-0.2, 0) is 70.7 Å². The van der Waals surface area contributed by atoms with Crippen molar-refractivity contribution >= 4 is 31.7 Å². The summed E-state index contributed by atoms with van der Waals surface area (Å²) < 4.78 is 73.6. The van der Waals surface area contributed by atoms with E-state index in [9.17, 15) is 74.6 Å². The highest BCUT2D eigenvalue weighted by Crippen LogP contribution is 2.49. The van der Waals surface area contributed by atoms with Gasteiger partial charge in [-0.3, -0.25) is 28.2 Å².